The molecule has 2 aromatic rings. The highest BCUT2D eigenvalue weighted by atomic mass is 16.6. The van der Waals surface area contributed by atoms with Gasteiger partial charge in [-0.2, -0.15) is 0 Å². The second-order valence-electron chi connectivity index (χ2n) is 9.43. The van der Waals surface area contributed by atoms with E-state index in [9.17, 15) is 4.79 Å². The fraction of sp³-hybridized carbons (Fsp3) is 0.480. The quantitative estimate of drug-likeness (QED) is 0.652. The van der Waals surface area contributed by atoms with Crippen LogP contribution in [0, 0.1) is 0 Å². The summed E-state index contributed by atoms with van der Waals surface area (Å²) in [5.41, 5.74) is 2.35. The van der Waals surface area contributed by atoms with Crippen LogP contribution < -0.4 is 4.90 Å². The first-order chi connectivity index (χ1) is 13.8. The first-order valence-electron chi connectivity index (χ1n) is 10.7. The highest BCUT2D eigenvalue weighted by Gasteiger charge is 2.41. The number of hydrogen-bond acceptors (Lipinski definition) is 4. The molecule has 2 saturated heterocycles. The Morgan fingerprint density at radius 2 is 1.59 bits per heavy atom. The predicted octanol–water partition coefficient (Wildman–Crippen LogP) is 5.41. The van der Waals surface area contributed by atoms with Gasteiger partial charge in [0.25, 0.3) is 0 Å². The van der Waals surface area contributed by atoms with Gasteiger partial charge < -0.3 is 14.5 Å². The van der Waals surface area contributed by atoms with Crippen molar-refractivity contribution < 1.29 is 9.53 Å². The van der Waals surface area contributed by atoms with E-state index in [1.807, 2.05) is 39.0 Å². The Labute approximate surface area is 174 Å². The summed E-state index contributed by atoms with van der Waals surface area (Å²) in [5.74, 6) is -0.268. The maximum Gasteiger partial charge on any atom is 0.338 e. The number of esters is 1. The molecule has 4 heteroatoms. The Bertz CT molecular complexity index is 845. The van der Waals surface area contributed by atoms with Crippen LogP contribution >= 0.6 is 0 Å². The number of carbonyl (C=O) groups excluding carboxylic acids is 1. The predicted molar refractivity (Wildman–Crippen MR) is 118 cm³/mol. The molecule has 0 amide bonds. The standard InChI is InChI=1S/C25H32N2O2/c1-25(2,3)29-24(28)18-9-8-12-22(15-18)27(19-10-6-5-7-11-19)23-16-20-13-14-21(17-23)26(20)4/h5-12,15,20-21,23H,13-14,16-17H2,1-4H3. The molecule has 0 radical (unpaired) electrons. The average Bonchev–Trinajstić information content (AvgIpc) is 2.89. The minimum absolute atomic E-state index is 0.268. The van der Waals surface area contributed by atoms with E-state index < -0.39 is 5.60 Å². The molecule has 2 bridgehead atoms. The molecular formula is C25H32N2O2. The summed E-state index contributed by atoms with van der Waals surface area (Å²) < 4.78 is 5.60. The maximum absolute atomic E-state index is 12.7. The van der Waals surface area contributed by atoms with Gasteiger partial charge in [0.15, 0.2) is 0 Å². The van der Waals surface area contributed by atoms with Crippen molar-refractivity contribution in [1.82, 2.24) is 4.90 Å². The van der Waals surface area contributed by atoms with Crippen molar-refractivity contribution in [2.24, 2.45) is 0 Å². The van der Waals surface area contributed by atoms with Gasteiger partial charge >= 0.3 is 5.97 Å². The molecule has 2 aliphatic rings. The molecule has 0 saturated carbocycles. The van der Waals surface area contributed by atoms with E-state index in [0.29, 0.717) is 23.7 Å². The second-order valence-corrected chi connectivity index (χ2v) is 9.43. The highest BCUT2D eigenvalue weighted by molar-refractivity contribution is 5.91. The third-order valence-electron chi connectivity index (χ3n) is 6.23. The Morgan fingerprint density at radius 1 is 0.966 bits per heavy atom. The lowest BCUT2D eigenvalue weighted by molar-refractivity contribution is 0.00695. The normalized spacial score (nSPS) is 24.3. The zero-order valence-electron chi connectivity index (χ0n) is 18.0. The molecule has 2 heterocycles. The lowest BCUT2D eigenvalue weighted by Gasteiger charge is -2.43. The zero-order chi connectivity index (χ0) is 20.6. The second kappa shape index (κ2) is 7.83. The number of para-hydroxylation sites is 1. The number of carbonyl (C=O) groups is 1. The molecule has 2 aromatic carbocycles. The van der Waals surface area contributed by atoms with Crippen LogP contribution in [0.5, 0.6) is 0 Å². The molecule has 4 rings (SSSR count). The molecule has 0 spiro atoms. The van der Waals surface area contributed by atoms with E-state index in [1.165, 1.54) is 18.5 Å². The van der Waals surface area contributed by atoms with E-state index in [-0.39, 0.29) is 5.97 Å². The third-order valence-corrected chi connectivity index (χ3v) is 6.23. The van der Waals surface area contributed by atoms with Crippen LogP contribution in [0.1, 0.15) is 56.8 Å². The zero-order valence-corrected chi connectivity index (χ0v) is 18.0. The van der Waals surface area contributed by atoms with Crippen molar-refractivity contribution in [3.05, 3.63) is 60.2 Å². The van der Waals surface area contributed by atoms with Crippen LogP contribution in [-0.2, 0) is 4.74 Å². The molecular weight excluding hydrogens is 360 g/mol. The average molecular weight is 393 g/mol. The Morgan fingerprint density at radius 3 is 2.21 bits per heavy atom. The molecule has 0 N–H and O–H groups in total. The fourth-order valence-electron chi connectivity index (χ4n) is 4.87. The number of ether oxygens (including phenoxy) is 1. The van der Waals surface area contributed by atoms with Crippen LogP contribution in [0.4, 0.5) is 11.4 Å². The van der Waals surface area contributed by atoms with Crippen LogP contribution in [0.3, 0.4) is 0 Å². The maximum atomic E-state index is 12.7. The van der Waals surface area contributed by atoms with Gasteiger partial charge in [-0.3, -0.25) is 0 Å². The summed E-state index contributed by atoms with van der Waals surface area (Å²) in [7, 11) is 2.27. The lowest BCUT2D eigenvalue weighted by Crippen LogP contribution is -2.47. The minimum atomic E-state index is -0.501. The molecule has 2 atom stereocenters. The summed E-state index contributed by atoms with van der Waals surface area (Å²) in [6.45, 7) is 5.71. The van der Waals surface area contributed by atoms with Gasteiger partial charge in [-0.1, -0.05) is 24.3 Å². The van der Waals surface area contributed by atoms with Crippen LogP contribution in [-0.4, -0.2) is 41.6 Å². The molecule has 154 valence electrons. The first kappa shape index (κ1) is 20.0. The van der Waals surface area contributed by atoms with Gasteiger partial charge in [0.1, 0.15) is 5.60 Å². The minimum Gasteiger partial charge on any atom is -0.456 e. The number of fused-ring (bicyclic) bond motifs is 2. The Kier molecular flexibility index (Phi) is 5.39. The van der Waals surface area contributed by atoms with Gasteiger partial charge in [0.2, 0.25) is 0 Å². The monoisotopic (exact) mass is 392 g/mol. The molecule has 29 heavy (non-hydrogen) atoms. The van der Waals surface area contributed by atoms with E-state index in [4.69, 9.17) is 4.74 Å². The smallest absolute Gasteiger partial charge is 0.338 e. The van der Waals surface area contributed by atoms with Gasteiger partial charge in [-0.05, 0) is 83.8 Å². The lowest BCUT2D eigenvalue weighted by atomic mass is 9.95. The molecule has 4 nitrogen and oxygen atoms in total. The molecule has 2 fully saturated rings. The van der Waals surface area contributed by atoms with E-state index in [0.717, 1.165) is 18.5 Å². The van der Waals surface area contributed by atoms with Crippen LogP contribution in [0.25, 0.3) is 0 Å². The highest BCUT2D eigenvalue weighted by Crippen LogP contribution is 2.40. The van der Waals surface area contributed by atoms with Gasteiger partial charge in [0.05, 0.1) is 5.56 Å². The number of rotatable bonds is 4. The summed E-state index contributed by atoms with van der Waals surface area (Å²) >= 11 is 0. The summed E-state index contributed by atoms with van der Waals surface area (Å²) in [4.78, 5) is 17.7. The first-order valence-corrected chi connectivity index (χ1v) is 10.7. The number of nitrogens with zero attached hydrogens (tertiary/aromatic N) is 2. The van der Waals surface area contributed by atoms with E-state index in [2.05, 4.69) is 53.2 Å². The molecule has 2 aliphatic heterocycles. The van der Waals surface area contributed by atoms with Gasteiger partial charge in [0, 0.05) is 29.5 Å². The van der Waals surface area contributed by atoms with Crippen molar-refractivity contribution in [2.45, 2.75) is 70.2 Å². The van der Waals surface area contributed by atoms with Crippen LogP contribution in [0.2, 0.25) is 0 Å². The summed E-state index contributed by atoms with van der Waals surface area (Å²) in [6.07, 6.45) is 4.88. The number of benzene rings is 2. The van der Waals surface area contributed by atoms with E-state index in [1.54, 1.807) is 0 Å². The number of anilines is 2. The van der Waals surface area contributed by atoms with Gasteiger partial charge in [-0.15, -0.1) is 0 Å². The van der Waals surface area contributed by atoms with Crippen molar-refractivity contribution in [3.8, 4) is 0 Å². The van der Waals surface area contributed by atoms with Crippen LogP contribution in [0.15, 0.2) is 54.6 Å². The number of hydrogen-bond donors (Lipinski definition) is 0. The molecule has 0 aliphatic carbocycles. The third kappa shape index (κ3) is 4.32. The fourth-order valence-corrected chi connectivity index (χ4v) is 4.87. The SMILES string of the molecule is CN1C2CCC1CC(N(c1ccccc1)c1cccc(C(=O)OC(C)(C)C)c1)C2. The van der Waals surface area contributed by atoms with Crippen molar-refractivity contribution in [1.29, 1.82) is 0 Å². The van der Waals surface area contributed by atoms with Crippen molar-refractivity contribution >= 4 is 17.3 Å². The number of piperidine rings is 1. The van der Waals surface area contributed by atoms with Crippen molar-refractivity contribution in [2.75, 3.05) is 11.9 Å². The van der Waals surface area contributed by atoms with Gasteiger partial charge in [-0.25, -0.2) is 4.79 Å². The summed E-state index contributed by atoms with van der Waals surface area (Å²) in [6, 6.07) is 20.2. The van der Waals surface area contributed by atoms with E-state index >= 15 is 0 Å². The van der Waals surface area contributed by atoms with Crippen molar-refractivity contribution in [3.63, 3.8) is 0 Å². The Hall–Kier alpha value is -2.33. The topological polar surface area (TPSA) is 32.8 Å². The largest absolute Gasteiger partial charge is 0.456 e. The Balaban J connectivity index is 1.67. The molecule has 2 unspecified atom stereocenters. The summed E-state index contributed by atoms with van der Waals surface area (Å²) in [5, 5.41) is 0. The molecule has 0 aromatic heterocycles.